The molecule has 0 unspecified atom stereocenters. The van der Waals surface area contributed by atoms with Gasteiger partial charge in [-0.2, -0.15) is 0 Å². The normalized spacial score (nSPS) is 16.2. The highest BCUT2D eigenvalue weighted by Crippen LogP contribution is 2.25. The fraction of sp³-hybridized carbons (Fsp3) is 0.261. The Kier molecular flexibility index (Phi) is 5.42. The molecular formula is C23H23N3O3. The second-order valence-electron chi connectivity index (χ2n) is 7.15. The van der Waals surface area contributed by atoms with Gasteiger partial charge in [0.1, 0.15) is 11.6 Å². The van der Waals surface area contributed by atoms with Crippen molar-refractivity contribution in [2.75, 3.05) is 25.5 Å². The lowest BCUT2D eigenvalue weighted by molar-refractivity contribution is -0.125. The molecule has 0 bridgehead atoms. The SMILES string of the molecule is COc1ccc(C2=CCN(C(=O)C=Cc3cnc4c(c3)CCC(=O)N4)CC2)cc1. The summed E-state index contributed by atoms with van der Waals surface area (Å²) in [6.45, 7) is 1.29. The van der Waals surface area contributed by atoms with Gasteiger partial charge in [0.05, 0.1) is 7.11 Å². The molecule has 0 fully saturated rings. The summed E-state index contributed by atoms with van der Waals surface area (Å²) in [5, 5.41) is 2.76. The standard InChI is InChI=1S/C23H23N3O3/c1-29-20-6-3-17(4-7-20)18-10-12-26(13-11-18)22(28)9-2-16-14-19-5-8-21(27)25-23(19)24-15-16/h2-4,6-7,9-10,14-15H,5,8,11-13H2,1H3,(H,24,25,27). The number of nitrogens with zero attached hydrogens (tertiary/aromatic N) is 2. The van der Waals surface area contributed by atoms with E-state index in [-0.39, 0.29) is 11.8 Å². The Balaban J connectivity index is 1.38. The molecule has 6 nitrogen and oxygen atoms in total. The Labute approximate surface area is 169 Å². The molecule has 3 heterocycles. The van der Waals surface area contributed by atoms with Gasteiger partial charge < -0.3 is 15.0 Å². The number of anilines is 1. The minimum atomic E-state index is -0.0129. The monoisotopic (exact) mass is 389 g/mol. The summed E-state index contributed by atoms with van der Waals surface area (Å²) < 4.78 is 5.20. The number of methoxy groups -OCH3 is 1. The van der Waals surface area contributed by atoms with Crippen LogP contribution in [0.15, 0.2) is 48.7 Å². The highest BCUT2D eigenvalue weighted by molar-refractivity contribution is 5.94. The van der Waals surface area contributed by atoms with Gasteiger partial charge in [-0.05, 0) is 59.4 Å². The first-order valence-electron chi connectivity index (χ1n) is 9.71. The number of rotatable bonds is 4. The van der Waals surface area contributed by atoms with Gasteiger partial charge in [0.25, 0.3) is 0 Å². The molecule has 1 aromatic carbocycles. The van der Waals surface area contributed by atoms with E-state index in [0.717, 1.165) is 23.3 Å². The Morgan fingerprint density at radius 2 is 2.03 bits per heavy atom. The maximum Gasteiger partial charge on any atom is 0.246 e. The summed E-state index contributed by atoms with van der Waals surface area (Å²) in [6, 6.07) is 9.98. The van der Waals surface area contributed by atoms with Crippen molar-refractivity contribution in [2.45, 2.75) is 19.3 Å². The van der Waals surface area contributed by atoms with Crippen LogP contribution < -0.4 is 10.1 Å². The van der Waals surface area contributed by atoms with Crippen LogP contribution in [0.1, 0.15) is 29.5 Å². The molecule has 2 aliphatic rings. The van der Waals surface area contributed by atoms with Crippen LogP contribution in [0.5, 0.6) is 5.75 Å². The number of fused-ring (bicyclic) bond motifs is 1. The number of nitrogens with one attached hydrogen (secondary N) is 1. The molecule has 2 aromatic rings. The summed E-state index contributed by atoms with van der Waals surface area (Å²) in [7, 11) is 1.66. The minimum absolute atomic E-state index is 0.00404. The average molecular weight is 389 g/mol. The number of hydrogen-bond acceptors (Lipinski definition) is 4. The zero-order valence-electron chi connectivity index (χ0n) is 16.4. The lowest BCUT2D eigenvalue weighted by Gasteiger charge is -2.25. The number of aryl methyl sites for hydroxylation is 1. The Hall–Kier alpha value is -3.41. The topological polar surface area (TPSA) is 71.5 Å². The Bertz CT molecular complexity index is 993. The fourth-order valence-electron chi connectivity index (χ4n) is 3.58. The smallest absolute Gasteiger partial charge is 0.246 e. The predicted molar refractivity (Wildman–Crippen MR) is 112 cm³/mol. The largest absolute Gasteiger partial charge is 0.497 e. The van der Waals surface area contributed by atoms with Crippen LogP contribution in [0, 0.1) is 0 Å². The van der Waals surface area contributed by atoms with E-state index in [1.54, 1.807) is 25.5 Å². The number of carbonyl (C=O) groups is 2. The van der Waals surface area contributed by atoms with Gasteiger partial charge in [-0.25, -0.2) is 4.98 Å². The molecule has 1 N–H and O–H groups in total. The zero-order chi connectivity index (χ0) is 20.2. The van der Waals surface area contributed by atoms with Gasteiger partial charge >= 0.3 is 0 Å². The van der Waals surface area contributed by atoms with Gasteiger partial charge in [-0.15, -0.1) is 0 Å². The highest BCUT2D eigenvalue weighted by atomic mass is 16.5. The first kappa shape index (κ1) is 18.9. The summed E-state index contributed by atoms with van der Waals surface area (Å²) in [4.78, 5) is 30.1. The van der Waals surface area contributed by atoms with Crippen LogP contribution in [0.2, 0.25) is 0 Å². The van der Waals surface area contributed by atoms with Gasteiger partial charge in [0.15, 0.2) is 0 Å². The number of amides is 2. The number of pyridine rings is 1. The highest BCUT2D eigenvalue weighted by Gasteiger charge is 2.17. The number of aromatic nitrogens is 1. The van der Waals surface area contributed by atoms with Crippen molar-refractivity contribution >= 4 is 29.3 Å². The molecule has 29 heavy (non-hydrogen) atoms. The number of benzene rings is 1. The molecule has 4 rings (SSSR count). The van der Waals surface area contributed by atoms with E-state index in [1.165, 1.54) is 11.1 Å². The molecule has 148 valence electrons. The van der Waals surface area contributed by atoms with Crippen molar-refractivity contribution in [3.8, 4) is 5.75 Å². The maximum atomic E-state index is 12.5. The molecule has 0 radical (unpaired) electrons. The van der Waals surface area contributed by atoms with E-state index < -0.39 is 0 Å². The first-order valence-corrected chi connectivity index (χ1v) is 9.71. The van der Waals surface area contributed by atoms with Crippen molar-refractivity contribution in [2.24, 2.45) is 0 Å². The van der Waals surface area contributed by atoms with Crippen LogP contribution in [0.25, 0.3) is 11.6 Å². The van der Waals surface area contributed by atoms with Gasteiger partial charge in [0, 0.05) is 31.8 Å². The molecule has 0 saturated heterocycles. The van der Waals surface area contributed by atoms with Crippen LogP contribution in [-0.4, -0.2) is 41.9 Å². The molecule has 2 aliphatic heterocycles. The van der Waals surface area contributed by atoms with Crippen molar-refractivity contribution < 1.29 is 14.3 Å². The number of carbonyl (C=O) groups excluding carboxylic acids is 2. The van der Waals surface area contributed by atoms with Gasteiger partial charge in [-0.3, -0.25) is 9.59 Å². The molecule has 2 amide bonds. The van der Waals surface area contributed by atoms with Crippen LogP contribution in [0.3, 0.4) is 0 Å². The quantitative estimate of drug-likeness (QED) is 0.815. The third-order valence-electron chi connectivity index (χ3n) is 5.27. The molecule has 0 aliphatic carbocycles. The maximum absolute atomic E-state index is 12.5. The summed E-state index contributed by atoms with van der Waals surface area (Å²) in [6.07, 6.45) is 9.14. The molecule has 0 spiro atoms. The van der Waals surface area contributed by atoms with E-state index in [1.807, 2.05) is 35.2 Å². The molecule has 1 aromatic heterocycles. The summed E-state index contributed by atoms with van der Waals surface area (Å²) in [5.74, 6) is 1.44. The Morgan fingerprint density at radius 3 is 2.76 bits per heavy atom. The van der Waals surface area contributed by atoms with Crippen molar-refractivity contribution in [3.63, 3.8) is 0 Å². The average Bonchev–Trinajstić information content (AvgIpc) is 2.77. The van der Waals surface area contributed by atoms with Gasteiger partial charge in [0.2, 0.25) is 11.8 Å². The predicted octanol–water partition coefficient (Wildman–Crippen LogP) is 3.30. The van der Waals surface area contributed by atoms with E-state index in [0.29, 0.717) is 31.7 Å². The molecular weight excluding hydrogens is 366 g/mol. The summed E-state index contributed by atoms with van der Waals surface area (Å²) >= 11 is 0. The third kappa shape index (κ3) is 4.37. The second-order valence-corrected chi connectivity index (χ2v) is 7.15. The first-order chi connectivity index (χ1) is 14.1. The second kappa shape index (κ2) is 8.31. The molecule has 0 atom stereocenters. The fourth-order valence-corrected chi connectivity index (χ4v) is 3.58. The van der Waals surface area contributed by atoms with Crippen molar-refractivity contribution in [1.82, 2.24) is 9.88 Å². The minimum Gasteiger partial charge on any atom is -0.497 e. The Morgan fingerprint density at radius 1 is 1.21 bits per heavy atom. The molecule has 0 saturated carbocycles. The van der Waals surface area contributed by atoms with Crippen LogP contribution >= 0.6 is 0 Å². The van der Waals surface area contributed by atoms with E-state index in [9.17, 15) is 9.59 Å². The third-order valence-corrected chi connectivity index (χ3v) is 5.27. The van der Waals surface area contributed by atoms with Gasteiger partial charge in [-0.1, -0.05) is 18.2 Å². The van der Waals surface area contributed by atoms with E-state index >= 15 is 0 Å². The van der Waals surface area contributed by atoms with E-state index in [4.69, 9.17) is 4.74 Å². The molecule has 6 heteroatoms. The van der Waals surface area contributed by atoms with Crippen LogP contribution in [0.4, 0.5) is 5.82 Å². The van der Waals surface area contributed by atoms with Crippen LogP contribution in [-0.2, 0) is 16.0 Å². The lowest BCUT2D eigenvalue weighted by Crippen LogP contribution is -2.33. The lowest BCUT2D eigenvalue weighted by atomic mass is 9.99. The van der Waals surface area contributed by atoms with Crippen molar-refractivity contribution in [3.05, 3.63) is 65.4 Å². The number of ether oxygens (including phenoxy) is 1. The van der Waals surface area contributed by atoms with Crippen molar-refractivity contribution in [1.29, 1.82) is 0 Å². The zero-order valence-corrected chi connectivity index (χ0v) is 16.4. The van der Waals surface area contributed by atoms with E-state index in [2.05, 4.69) is 16.4 Å². The number of hydrogen-bond donors (Lipinski definition) is 1. The summed E-state index contributed by atoms with van der Waals surface area (Å²) in [5.41, 5.74) is 4.28.